The van der Waals surface area contributed by atoms with E-state index in [2.05, 4.69) is 182 Å². The Kier molecular flexibility index (Phi) is 6.43. The van der Waals surface area contributed by atoms with Gasteiger partial charge in [0, 0.05) is 22.1 Å². The first-order valence-electron chi connectivity index (χ1n) is 15.2. The van der Waals surface area contributed by atoms with Crippen molar-refractivity contribution >= 4 is 72.3 Å². The molecule has 0 N–H and O–H groups in total. The number of fused-ring (bicyclic) bond motifs is 4. The van der Waals surface area contributed by atoms with E-state index in [0.29, 0.717) is 0 Å². The molecule has 0 spiro atoms. The molecule has 0 amide bonds. The minimum absolute atomic E-state index is 1.12. The number of anilines is 3. The first-order chi connectivity index (χ1) is 21.7. The van der Waals surface area contributed by atoms with E-state index in [0.717, 1.165) is 11.4 Å². The molecule has 8 aromatic rings. The lowest BCUT2D eigenvalue weighted by Gasteiger charge is -2.29. The predicted molar refractivity (Wildman–Crippen MR) is 191 cm³/mol. The van der Waals surface area contributed by atoms with Gasteiger partial charge in [0.25, 0.3) is 0 Å². The monoisotopic (exact) mass is 561 g/mol. The van der Waals surface area contributed by atoms with Crippen LogP contribution in [-0.4, -0.2) is 0 Å². The topological polar surface area (TPSA) is 3.24 Å². The molecule has 0 aliphatic carbocycles. The molecule has 0 saturated heterocycles. The number of hydrogen-bond donors (Lipinski definition) is 0. The zero-order valence-electron chi connectivity index (χ0n) is 24.6. The van der Waals surface area contributed by atoms with Crippen LogP contribution in [0.5, 0.6) is 0 Å². The highest BCUT2D eigenvalue weighted by atomic mass is 15.1. The first kappa shape index (κ1) is 26.0. The lowest BCUT2D eigenvalue weighted by Crippen LogP contribution is -2.11. The summed E-state index contributed by atoms with van der Waals surface area (Å²) in [5.41, 5.74) is 7.09. The Morgan fingerprint density at radius 3 is 1.32 bits per heavy atom. The van der Waals surface area contributed by atoms with Crippen LogP contribution in [-0.2, 0) is 0 Å². The maximum Gasteiger partial charge on any atom is 0.0618 e. The van der Waals surface area contributed by atoms with Crippen molar-refractivity contribution in [1.29, 1.82) is 0 Å². The molecule has 0 heterocycles. The van der Waals surface area contributed by atoms with Crippen molar-refractivity contribution in [2.75, 3.05) is 4.90 Å². The van der Waals surface area contributed by atoms with E-state index >= 15 is 0 Å². The SMILES string of the molecule is Cc1ccc(C=Cc2ccc(N(c3ccccc3)c3c4cc5ccccc5cc4cc4cc5ccccc5cc34)cc2)cc1. The molecule has 208 valence electrons. The van der Waals surface area contributed by atoms with E-state index in [1.54, 1.807) is 0 Å². The molecule has 0 aromatic heterocycles. The van der Waals surface area contributed by atoms with E-state index in [4.69, 9.17) is 0 Å². The summed E-state index contributed by atoms with van der Waals surface area (Å²) in [5.74, 6) is 0. The van der Waals surface area contributed by atoms with Crippen LogP contribution in [0.4, 0.5) is 17.1 Å². The van der Waals surface area contributed by atoms with Crippen LogP contribution in [0.15, 0.2) is 158 Å². The Balaban J connectivity index is 1.37. The summed E-state index contributed by atoms with van der Waals surface area (Å²) in [4.78, 5) is 2.43. The Labute approximate surface area is 257 Å². The Morgan fingerprint density at radius 2 is 0.795 bits per heavy atom. The number of para-hydroxylation sites is 1. The van der Waals surface area contributed by atoms with Crippen LogP contribution in [0, 0.1) is 6.92 Å². The quantitative estimate of drug-likeness (QED) is 0.149. The number of hydrogen-bond acceptors (Lipinski definition) is 1. The number of nitrogens with zero attached hydrogens (tertiary/aromatic N) is 1. The molecule has 1 nitrogen and oxygen atoms in total. The summed E-state index contributed by atoms with van der Waals surface area (Å²) in [6.07, 6.45) is 4.37. The number of rotatable bonds is 5. The van der Waals surface area contributed by atoms with Crippen LogP contribution in [0.2, 0.25) is 0 Å². The second-order valence-electron chi connectivity index (χ2n) is 11.6. The smallest absolute Gasteiger partial charge is 0.0618 e. The molecule has 44 heavy (non-hydrogen) atoms. The molecule has 8 rings (SSSR count). The fourth-order valence-corrected chi connectivity index (χ4v) is 6.31. The van der Waals surface area contributed by atoms with E-state index in [9.17, 15) is 0 Å². The van der Waals surface area contributed by atoms with Gasteiger partial charge in [-0.25, -0.2) is 0 Å². The van der Waals surface area contributed by atoms with Crippen molar-refractivity contribution < 1.29 is 0 Å². The minimum Gasteiger partial charge on any atom is -0.309 e. The third-order valence-electron chi connectivity index (χ3n) is 8.59. The van der Waals surface area contributed by atoms with Gasteiger partial charge in [0.15, 0.2) is 0 Å². The van der Waals surface area contributed by atoms with Gasteiger partial charge in [-0.15, -0.1) is 0 Å². The Morgan fingerprint density at radius 1 is 0.386 bits per heavy atom. The molecule has 1 heteroatoms. The molecular formula is C43H31N. The molecule has 8 aromatic carbocycles. The van der Waals surface area contributed by atoms with E-state index < -0.39 is 0 Å². The van der Waals surface area contributed by atoms with Gasteiger partial charge in [0.1, 0.15) is 0 Å². The molecule has 0 radical (unpaired) electrons. The van der Waals surface area contributed by atoms with Crippen LogP contribution in [0.1, 0.15) is 16.7 Å². The van der Waals surface area contributed by atoms with Gasteiger partial charge >= 0.3 is 0 Å². The van der Waals surface area contributed by atoms with Gasteiger partial charge in [0.05, 0.1) is 5.69 Å². The fourth-order valence-electron chi connectivity index (χ4n) is 6.31. The highest BCUT2D eigenvalue weighted by molar-refractivity contribution is 6.19. The van der Waals surface area contributed by atoms with Crippen molar-refractivity contribution in [2.24, 2.45) is 0 Å². The highest BCUT2D eigenvalue weighted by Crippen LogP contribution is 2.45. The molecule has 0 aliphatic rings. The summed E-state index contributed by atoms with van der Waals surface area (Å²) in [6.45, 7) is 2.12. The highest BCUT2D eigenvalue weighted by Gasteiger charge is 2.20. The summed E-state index contributed by atoms with van der Waals surface area (Å²) in [6, 6.07) is 57.4. The molecule has 0 saturated carbocycles. The van der Waals surface area contributed by atoms with Crippen LogP contribution < -0.4 is 4.90 Å². The van der Waals surface area contributed by atoms with Crippen LogP contribution >= 0.6 is 0 Å². The van der Waals surface area contributed by atoms with Crippen molar-refractivity contribution in [1.82, 2.24) is 0 Å². The van der Waals surface area contributed by atoms with Crippen LogP contribution in [0.3, 0.4) is 0 Å². The van der Waals surface area contributed by atoms with Gasteiger partial charge in [-0.3, -0.25) is 0 Å². The third-order valence-corrected chi connectivity index (χ3v) is 8.59. The van der Waals surface area contributed by atoms with Crippen molar-refractivity contribution in [3.05, 3.63) is 174 Å². The molecule has 0 unspecified atom stereocenters. The van der Waals surface area contributed by atoms with Gasteiger partial charge in [0.2, 0.25) is 0 Å². The molecular weight excluding hydrogens is 530 g/mol. The van der Waals surface area contributed by atoms with Crippen LogP contribution in [0.25, 0.3) is 55.2 Å². The van der Waals surface area contributed by atoms with E-state index in [1.807, 2.05) is 0 Å². The normalized spacial score (nSPS) is 11.7. The molecule has 0 atom stereocenters. The third kappa shape index (κ3) is 4.79. The van der Waals surface area contributed by atoms with Crippen molar-refractivity contribution in [3.8, 4) is 0 Å². The fraction of sp³-hybridized carbons (Fsp3) is 0.0233. The standard InChI is InChI=1S/C43H31N/c1-30-15-17-31(18-16-30)19-20-32-21-23-40(24-22-32)44(39-13-3-2-4-14-39)43-41-28-35-11-7-5-9-33(35)25-37(41)27-38-26-34-10-6-8-12-36(34)29-42(38)43/h2-29H,1H3. The van der Waals surface area contributed by atoms with Gasteiger partial charge in [-0.1, -0.05) is 121 Å². The zero-order valence-corrected chi connectivity index (χ0v) is 24.6. The number of aryl methyl sites for hydroxylation is 1. The van der Waals surface area contributed by atoms with Crippen molar-refractivity contribution in [2.45, 2.75) is 6.92 Å². The van der Waals surface area contributed by atoms with E-state index in [1.165, 1.54) is 65.5 Å². The average Bonchev–Trinajstić information content (AvgIpc) is 3.07. The maximum atomic E-state index is 2.43. The first-order valence-corrected chi connectivity index (χ1v) is 15.2. The number of benzene rings is 8. The summed E-state index contributed by atoms with van der Waals surface area (Å²) in [5, 5.41) is 9.93. The molecule has 0 bridgehead atoms. The van der Waals surface area contributed by atoms with Crippen molar-refractivity contribution in [3.63, 3.8) is 0 Å². The summed E-state index contributed by atoms with van der Waals surface area (Å²) >= 11 is 0. The second-order valence-corrected chi connectivity index (χ2v) is 11.6. The lowest BCUT2D eigenvalue weighted by molar-refractivity contribution is 1.31. The molecule has 0 aliphatic heterocycles. The second kappa shape index (κ2) is 10.9. The molecule has 0 fully saturated rings. The predicted octanol–water partition coefficient (Wildman–Crippen LogP) is 12.2. The Hall–Kier alpha value is -5.66. The van der Waals surface area contributed by atoms with Gasteiger partial charge in [-0.2, -0.15) is 0 Å². The van der Waals surface area contributed by atoms with Gasteiger partial charge < -0.3 is 4.90 Å². The average molecular weight is 562 g/mol. The van der Waals surface area contributed by atoms with E-state index in [-0.39, 0.29) is 0 Å². The largest absolute Gasteiger partial charge is 0.309 e. The minimum atomic E-state index is 1.12. The Bertz CT molecular complexity index is 2220. The lowest BCUT2D eigenvalue weighted by atomic mass is 9.94. The summed E-state index contributed by atoms with van der Waals surface area (Å²) in [7, 11) is 0. The van der Waals surface area contributed by atoms with Gasteiger partial charge in [-0.05, 0) is 105 Å². The maximum absolute atomic E-state index is 2.43. The summed E-state index contributed by atoms with van der Waals surface area (Å²) < 4.78 is 0. The zero-order chi connectivity index (χ0) is 29.5.